The normalized spacial score (nSPS) is 14.0. The zero-order valence-corrected chi connectivity index (χ0v) is 14.2. The van der Waals surface area contributed by atoms with Gasteiger partial charge < -0.3 is 21.3 Å². The lowest BCUT2D eigenvalue weighted by Gasteiger charge is -2.13. The van der Waals surface area contributed by atoms with Crippen LogP contribution < -0.4 is 21.3 Å². The van der Waals surface area contributed by atoms with Crippen molar-refractivity contribution in [2.45, 2.75) is 45.1 Å². The van der Waals surface area contributed by atoms with Crippen molar-refractivity contribution in [1.82, 2.24) is 10.6 Å². The van der Waals surface area contributed by atoms with E-state index in [1.165, 1.54) is 19.1 Å². The molecule has 0 heterocycles. The Morgan fingerprint density at radius 3 is 2.56 bits per heavy atom. The molecule has 1 fully saturated rings. The summed E-state index contributed by atoms with van der Waals surface area (Å²) in [6.45, 7) is 1.48. The van der Waals surface area contributed by atoms with Crippen LogP contribution in [-0.2, 0) is 9.59 Å². The van der Waals surface area contributed by atoms with E-state index in [1.807, 2.05) is 0 Å². The summed E-state index contributed by atoms with van der Waals surface area (Å²) < 4.78 is 13.7. The number of halogens is 1. The monoisotopic (exact) mass is 350 g/mol. The average Bonchev–Trinajstić information content (AvgIpc) is 3.03. The van der Waals surface area contributed by atoms with Gasteiger partial charge in [0.15, 0.2) is 0 Å². The second kappa shape index (κ2) is 9.00. The van der Waals surface area contributed by atoms with Gasteiger partial charge in [-0.15, -0.1) is 0 Å². The number of amides is 4. The van der Waals surface area contributed by atoms with E-state index in [1.54, 1.807) is 0 Å². The summed E-state index contributed by atoms with van der Waals surface area (Å²) in [6.07, 6.45) is 4.44. The van der Waals surface area contributed by atoms with Gasteiger partial charge in [-0.3, -0.25) is 9.59 Å². The van der Waals surface area contributed by atoms with Gasteiger partial charge in [0.1, 0.15) is 5.82 Å². The van der Waals surface area contributed by atoms with Crippen molar-refractivity contribution in [3.8, 4) is 0 Å². The molecule has 1 aliphatic rings. The summed E-state index contributed by atoms with van der Waals surface area (Å²) >= 11 is 0. The fourth-order valence-electron chi connectivity index (χ4n) is 2.73. The van der Waals surface area contributed by atoms with E-state index in [2.05, 4.69) is 21.3 Å². The predicted molar refractivity (Wildman–Crippen MR) is 92.7 cm³/mol. The van der Waals surface area contributed by atoms with Gasteiger partial charge in [-0.1, -0.05) is 12.8 Å². The molecule has 0 aliphatic heterocycles. The summed E-state index contributed by atoms with van der Waals surface area (Å²) in [7, 11) is 0. The third kappa shape index (κ3) is 6.40. The number of anilines is 2. The highest BCUT2D eigenvalue weighted by atomic mass is 19.1. The van der Waals surface area contributed by atoms with E-state index in [0.29, 0.717) is 5.69 Å². The van der Waals surface area contributed by atoms with Crippen LogP contribution in [0.5, 0.6) is 0 Å². The van der Waals surface area contributed by atoms with Crippen molar-refractivity contribution >= 4 is 29.2 Å². The number of urea groups is 1. The maximum Gasteiger partial charge on any atom is 0.319 e. The summed E-state index contributed by atoms with van der Waals surface area (Å²) in [5.74, 6) is -1.02. The minimum atomic E-state index is -0.622. The highest BCUT2D eigenvalue weighted by Crippen LogP contribution is 2.19. The second-order valence-corrected chi connectivity index (χ2v) is 6.06. The molecule has 0 radical (unpaired) electrons. The van der Waals surface area contributed by atoms with Gasteiger partial charge in [0, 0.05) is 31.6 Å². The zero-order chi connectivity index (χ0) is 18.2. The Morgan fingerprint density at radius 2 is 1.88 bits per heavy atom. The van der Waals surface area contributed by atoms with E-state index in [-0.39, 0.29) is 36.5 Å². The van der Waals surface area contributed by atoms with Crippen LogP contribution in [0.1, 0.15) is 39.0 Å². The SMILES string of the molecule is CC(=O)Nc1ccc(F)c(NC(=O)NCCC(=O)NC2CCCC2)c1. The van der Waals surface area contributed by atoms with E-state index < -0.39 is 11.8 Å². The van der Waals surface area contributed by atoms with Crippen LogP contribution in [0.4, 0.5) is 20.6 Å². The minimum absolute atomic E-state index is 0.0563. The van der Waals surface area contributed by atoms with Gasteiger partial charge in [0.2, 0.25) is 11.8 Å². The van der Waals surface area contributed by atoms with E-state index >= 15 is 0 Å². The van der Waals surface area contributed by atoms with Gasteiger partial charge in [-0.2, -0.15) is 0 Å². The zero-order valence-electron chi connectivity index (χ0n) is 14.2. The topological polar surface area (TPSA) is 99.3 Å². The summed E-state index contributed by atoms with van der Waals surface area (Å²) in [5, 5.41) is 10.3. The molecule has 1 aliphatic carbocycles. The molecule has 1 aromatic rings. The van der Waals surface area contributed by atoms with E-state index in [9.17, 15) is 18.8 Å². The van der Waals surface area contributed by atoms with Crippen LogP contribution in [0.2, 0.25) is 0 Å². The lowest BCUT2D eigenvalue weighted by atomic mass is 10.2. The van der Waals surface area contributed by atoms with Crippen molar-refractivity contribution in [2.24, 2.45) is 0 Å². The quantitative estimate of drug-likeness (QED) is 0.634. The highest BCUT2D eigenvalue weighted by Gasteiger charge is 2.17. The number of carbonyl (C=O) groups excluding carboxylic acids is 3. The first kappa shape index (κ1) is 18.7. The van der Waals surface area contributed by atoms with Crippen LogP contribution >= 0.6 is 0 Å². The third-order valence-corrected chi connectivity index (χ3v) is 3.89. The number of carbonyl (C=O) groups is 3. The Morgan fingerprint density at radius 1 is 1.16 bits per heavy atom. The first-order chi connectivity index (χ1) is 11.9. The van der Waals surface area contributed by atoms with Crippen LogP contribution in [-0.4, -0.2) is 30.4 Å². The summed E-state index contributed by atoms with van der Waals surface area (Å²) in [6, 6.07) is 3.49. The van der Waals surface area contributed by atoms with Gasteiger partial charge in [0.05, 0.1) is 5.69 Å². The van der Waals surface area contributed by atoms with Crippen molar-refractivity contribution in [2.75, 3.05) is 17.2 Å². The Bertz CT molecular complexity index is 645. The molecule has 4 amide bonds. The van der Waals surface area contributed by atoms with Gasteiger partial charge in [0.25, 0.3) is 0 Å². The average molecular weight is 350 g/mol. The van der Waals surface area contributed by atoms with Crippen LogP contribution in [0, 0.1) is 5.82 Å². The lowest BCUT2D eigenvalue weighted by Crippen LogP contribution is -2.36. The molecule has 0 saturated heterocycles. The van der Waals surface area contributed by atoms with Crippen LogP contribution in [0.3, 0.4) is 0 Å². The highest BCUT2D eigenvalue weighted by molar-refractivity contribution is 5.92. The Hall–Kier alpha value is -2.64. The standard InChI is InChI=1S/C17H23FN4O3/c1-11(23)20-13-6-7-14(18)15(10-13)22-17(25)19-9-8-16(24)21-12-4-2-3-5-12/h6-7,10,12H,2-5,8-9H2,1H3,(H,20,23)(H,21,24)(H2,19,22,25). The molecule has 7 nitrogen and oxygen atoms in total. The Balaban J connectivity index is 1.75. The molecule has 1 aromatic carbocycles. The fourth-order valence-corrected chi connectivity index (χ4v) is 2.73. The Labute approximate surface area is 145 Å². The molecular weight excluding hydrogens is 327 g/mol. The van der Waals surface area contributed by atoms with Crippen molar-refractivity contribution in [3.63, 3.8) is 0 Å². The van der Waals surface area contributed by atoms with Gasteiger partial charge >= 0.3 is 6.03 Å². The first-order valence-corrected chi connectivity index (χ1v) is 8.35. The molecular formula is C17H23FN4O3. The number of hydrogen-bond donors (Lipinski definition) is 4. The molecule has 0 spiro atoms. The molecule has 136 valence electrons. The molecule has 4 N–H and O–H groups in total. The van der Waals surface area contributed by atoms with E-state index in [0.717, 1.165) is 31.7 Å². The van der Waals surface area contributed by atoms with Gasteiger partial charge in [-0.25, -0.2) is 9.18 Å². The maximum absolute atomic E-state index is 13.7. The van der Waals surface area contributed by atoms with Crippen LogP contribution in [0.15, 0.2) is 18.2 Å². The predicted octanol–water partition coefficient (Wildman–Crippen LogP) is 2.35. The largest absolute Gasteiger partial charge is 0.353 e. The fraction of sp³-hybridized carbons (Fsp3) is 0.471. The second-order valence-electron chi connectivity index (χ2n) is 6.06. The van der Waals surface area contributed by atoms with E-state index in [4.69, 9.17) is 0 Å². The maximum atomic E-state index is 13.7. The molecule has 25 heavy (non-hydrogen) atoms. The lowest BCUT2D eigenvalue weighted by molar-refractivity contribution is -0.121. The molecule has 0 atom stereocenters. The summed E-state index contributed by atoms with van der Waals surface area (Å²) in [4.78, 5) is 34.6. The van der Waals surface area contributed by atoms with Crippen LogP contribution in [0.25, 0.3) is 0 Å². The number of hydrogen-bond acceptors (Lipinski definition) is 3. The van der Waals surface area contributed by atoms with Gasteiger partial charge in [-0.05, 0) is 31.0 Å². The first-order valence-electron chi connectivity index (χ1n) is 8.35. The minimum Gasteiger partial charge on any atom is -0.353 e. The molecule has 0 bridgehead atoms. The van der Waals surface area contributed by atoms with Crippen molar-refractivity contribution in [1.29, 1.82) is 0 Å². The number of rotatable bonds is 6. The molecule has 2 rings (SSSR count). The van der Waals surface area contributed by atoms with Crippen molar-refractivity contribution in [3.05, 3.63) is 24.0 Å². The number of nitrogens with one attached hydrogen (secondary N) is 4. The van der Waals surface area contributed by atoms with Crippen molar-refractivity contribution < 1.29 is 18.8 Å². The number of benzene rings is 1. The molecule has 0 aromatic heterocycles. The third-order valence-electron chi connectivity index (χ3n) is 3.89. The molecule has 0 unspecified atom stereocenters. The molecule has 1 saturated carbocycles. The summed E-state index contributed by atoms with van der Waals surface area (Å²) in [5.41, 5.74) is 0.319. The molecule has 8 heteroatoms. The smallest absolute Gasteiger partial charge is 0.319 e. The Kier molecular flexibility index (Phi) is 6.73.